The van der Waals surface area contributed by atoms with Crippen LogP contribution in [0.5, 0.6) is 5.75 Å². The molecule has 1 aliphatic heterocycles. The smallest absolute Gasteiger partial charge is 0.405 e. The number of nitrogens with one attached hydrogen (secondary N) is 1. The van der Waals surface area contributed by atoms with Gasteiger partial charge in [0.15, 0.2) is 5.96 Å². The standard InChI is InChI=1S/C21H30F3N3O3.HI/c1-25-20(27-10-8-15(9-11-27)29-13-5-12-28-2)26-18-14-17(18)16-6-3-4-7-19(16)30-21(22,23)24;/h3-4,6-7,15,17-18H,5,8-14H2,1-2H3,(H,25,26);1H. The molecule has 1 aromatic rings. The Kier molecular flexibility index (Phi) is 10.1. The molecule has 176 valence electrons. The first-order valence-electron chi connectivity index (χ1n) is 10.3. The lowest BCUT2D eigenvalue weighted by Gasteiger charge is -2.34. The van der Waals surface area contributed by atoms with Crippen LogP contribution in [0.4, 0.5) is 13.2 Å². The molecule has 1 saturated carbocycles. The highest BCUT2D eigenvalue weighted by Crippen LogP contribution is 2.45. The van der Waals surface area contributed by atoms with Crippen LogP contribution in [0.1, 0.15) is 37.2 Å². The number of hydrogen-bond acceptors (Lipinski definition) is 4. The molecule has 6 nitrogen and oxygen atoms in total. The molecule has 1 saturated heterocycles. The van der Waals surface area contributed by atoms with Crippen LogP contribution in [0, 0.1) is 0 Å². The van der Waals surface area contributed by atoms with Crippen molar-refractivity contribution < 1.29 is 27.4 Å². The Labute approximate surface area is 198 Å². The third kappa shape index (κ3) is 7.98. The molecule has 1 N–H and O–H groups in total. The predicted molar refractivity (Wildman–Crippen MR) is 123 cm³/mol. The van der Waals surface area contributed by atoms with E-state index in [1.165, 1.54) is 6.07 Å². The Bertz CT molecular complexity index is 713. The number of rotatable bonds is 8. The van der Waals surface area contributed by atoms with Gasteiger partial charge in [0.25, 0.3) is 0 Å². The molecule has 0 amide bonds. The molecule has 0 aromatic heterocycles. The first-order chi connectivity index (χ1) is 14.4. The number of guanidine groups is 1. The lowest BCUT2D eigenvalue weighted by Crippen LogP contribution is -2.47. The van der Waals surface area contributed by atoms with E-state index in [9.17, 15) is 13.2 Å². The van der Waals surface area contributed by atoms with E-state index in [1.54, 1.807) is 32.4 Å². The van der Waals surface area contributed by atoms with Crippen LogP contribution in [0.25, 0.3) is 0 Å². The number of aliphatic imine (C=N–C) groups is 1. The Morgan fingerprint density at radius 3 is 2.55 bits per heavy atom. The molecule has 31 heavy (non-hydrogen) atoms. The van der Waals surface area contributed by atoms with Gasteiger partial charge in [-0.3, -0.25) is 4.99 Å². The predicted octanol–water partition coefficient (Wildman–Crippen LogP) is 4.15. The van der Waals surface area contributed by atoms with Crippen LogP contribution >= 0.6 is 24.0 Å². The fourth-order valence-corrected chi connectivity index (χ4v) is 3.85. The van der Waals surface area contributed by atoms with Crippen LogP contribution in [-0.4, -0.2) is 69.8 Å². The molecule has 2 fully saturated rings. The van der Waals surface area contributed by atoms with Gasteiger partial charge in [0.05, 0.1) is 6.10 Å². The summed E-state index contributed by atoms with van der Waals surface area (Å²) in [6, 6.07) is 6.40. The van der Waals surface area contributed by atoms with Crippen molar-refractivity contribution in [1.29, 1.82) is 0 Å². The molecule has 2 unspecified atom stereocenters. The first-order valence-corrected chi connectivity index (χ1v) is 10.3. The van der Waals surface area contributed by atoms with Gasteiger partial charge in [-0.2, -0.15) is 0 Å². The minimum atomic E-state index is -4.69. The number of halogens is 4. The Morgan fingerprint density at radius 1 is 1.19 bits per heavy atom. The summed E-state index contributed by atoms with van der Waals surface area (Å²) in [5, 5.41) is 3.41. The zero-order valence-corrected chi connectivity index (χ0v) is 20.2. The average Bonchev–Trinajstić information content (AvgIpc) is 3.48. The normalized spacial score (nSPS) is 22.1. The monoisotopic (exact) mass is 557 g/mol. The molecule has 0 bridgehead atoms. The Morgan fingerprint density at radius 2 is 1.90 bits per heavy atom. The Balaban J connectivity index is 0.00000341. The Hall–Kier alpha value is -1.27. The zero-order chi connectivity index (χ0) is 21.6. The summed E-state index contributed by atoms with van der Waals surface area (Å²) < 4.78 is 53.2. The maximum absolute atomic E-state index is 12.7. The summed E-state index contributed by atoms with van der Waals surface area (Å²) in [4.78, 5) is 6.56. The molecule has 2 atom stereocenters. The average molecular weight is 557 g/mol. The van der Waals surface area contributed by atoms with Gasteiger partial charge in [-0.25, -0.2) is 0 Å². The number of piperidine rings is 1. The van der Waals surface area contributed by atoms with Crippen molar-refractivity contribution in [3.63, 3.8) is 0 Å². The van der Waals surface area contributed by atoms with Crippen molar-refractivity contribution in [2.24, 2.45) is 4.99 Å². The molecule has 0 radical (unpaired) electrons. The maximum Gasteiger partial charge on any atom is 0.573 e. The summed E-state index contributed by atoms with van der Waals surface area (Å²) in [6.45, 7) is 3.07. The van der Waals surface area contributed by atoms with Crippen LogP contribution in [0.2, 0.25) is 0 Å². The zero-order valence-electron chi connectivity index (χ0n) is 17.9. The fourth-order valence-electron chi connectivity index (χ4n) is 3.85. The summed E-state index contributed by atoms with van der Waals surface area (Å²) >= 11 is 0. The van der Waals surface area contributed by atoms with Crippen LogP contribution in [-0.2, 0) is 9.47 Å². The number of benzene rings is 1. The van der Waals surface area contributed by atoms with Crippen molar-refractivity contribution in [2.45, 2.75) is 50.1 Å². The van der Waals surface area contributed by atoms with E-state index in [2.05, 4.69) is 19.9 Å². The second-order valence-electron chi connectivity index (χ2n) is 7.63. The first kappa shape index (κ1) is 26.0. The van der Waals surface area contributed by atoms with Gasteiger partial charge in [-0.05, 0) is 37.3 Å². The summed E-state index contributed by atoms with van der Waals surface area (Å²) in [5.41, 5.74) is 0.575. The molecule has 1 aliphatic carbocycles. The largest absolute Gasteiger partial charge is 0.573 e. The lowest BCUT2D eigenvalue weighted by atomic mass is 10.1. The third-order valence-corrected chi connectivity index (χ3v) is 5.45. The van der Waals surface area contributed by atoms with E-state index in [-0.39, 0.29) is 47.8 Å². The number of likely N-dealkylation sites (tertiary alicyclic amines) is 1. The second-order valence-corrected chi connectivity index (χ2v) is 7.63. The number of hydrogen-bond donors (Lipinski definition) is 1. The lowest BCUT2D eigenvalue weighted by molar-refractivity contribution is -0.274. The van der Waals surface area contributed by atoms with Gasteiger partial charge >= 0.3 is 6.36 Å². The molecule has 0 spiro atoms. The van der Waals surface area contributed by atoms with Crippen molar-refractivity contribution >= 4 is 29.9 Å². The molecule has 2 aliphatic rings. The van der Waals surface area contributed by atoms with Gasteiger partial charge in [0, 0.05) is 52.4 Å². The van der Waals surface area contributed by atoms with Gasteiger partial charge in [-0.1, -0.05) is 18.2 Å². The second kappa shape index (κ2) is 12.1. The molecule has 10 heteroatoms. The van der Waals surface area contributed by atoms with E-state index >= 15 is 0 Å². The number of alkyl halides is 3. The minimum absolute atomic E-state index is 0. The molecule has 3 rings (SSSR count). The van der Waals surface area contributed by atoms with Crippen molar-refractivity contribution in [2.75, 3.05) is 40.5 Å². The summed E-state index contributed by atoms with van der Waals surface area (Å²) in [6.07, 6.45) is -0.969. The number of para-hydroxylation sites is 1. The maximum atomic E-state index is 12.7. The highest BCUT2D eigenvalue weighted by molar-refractivity contribution is 14.0. The molecule has 1 aromatic carbocycles. The van der Waals surface area contributed by atoms with Crippen LogP contribution in [0.3, 0.4) is 0 Å². The molecular formula is C21H31F3IN3O3. The van der Waals surface area contributed by atoms with Crippen molar-refractivity contribution in [3.05, 3.63) is 29.8 Å². The van der Waals surface area contributed by atoms with Gasteiger partial charge in [0.1, 0.15) is 5.75 Å². The van der Waals surface area contributed by atoms with E-state index in [4.69, 9.17) is 9.47 Å². The fraction of sp³-hybridized carbons (Fsp3) is 0.667. The van der Waals surface area contributed by atoms with Gasteiger partial charge in [-0.15, -0.1) is 37.1 Å². The van der Waals surface area contributed by atoms with E-state index in [0.717, 1.165) is 44.7 Å². The number of methoxy groups -OCH3 is 1. The van der Waals surface area contributed by atoms with E-state index in [1.807, 2.05) is 0 Å². The quantitative estimate of drug-likeness (QED) is 0.225. The van der Waals surface area contributed by atoms with E-state index < -0.39 is 6.36 Å². The van der Waals surface area contributed by atoms with Gasteiger partial charge in [0.2, 0.25) is 0 Å². The van der Waals surface area contributed by atoms with Crippen molar-refractivity contribution in [1.82, 2.24) is 10.2 Å². The highest BCUT2D eigenvalue weighted by atomic mass is 127. The van der Waals surface area contributed by atoms with Crippen molar-refractivity contribution in [3.8, 4) is 5.75 Å². The van der Waals surface area contributed by atoms with Crippen LogP contribution < -0.4 is 10.1 Å². The number of nitrogens with zero attached hydrogens (tertiary/aromatic N) is 2. The molecule has 1 heterocycles. The van der Waals surface area contributed by atoms with Crippen LogP contribution in [0.15, 0.2) is 29.3 Å². The SMILES string of the molecule is CN=C(NC1CC1c1ccccc1OC(F)(F)F)N1CCC(OCCCOC)CC1.I. The van der Waals surface area contributed by atoms with Gasteiger partial charge < -0.3 is 24.4 Å². The third-order valence-electron chi connectivity index (χ3n) is 5.45. The molecular weight excluding hydrogens is 526 g/mol. The topological polar surface area (TPSA) is 55.3 Å². The highest BCUT2D eigenvalue weighted by Gasteiger charge is 2.43. The number of ether oxygens (including phenoxy) is 3. The van der Waals surface area contributed by atoms with E-state index in [0.29, 0.717) is 18.8 Å². The minimum Gasteiger partial charge on any atom is -0.405 e. The summed E-state index contributed by atoms with van der Waals surface area (Å²) in [5.74, 6) is 0.636. The summed E-state index contributed by atoms with van der Waals surface area (Å²) in [7, 11) is 3.41.